The number of halogens is 2. The number of anilines is 1. The van der Waals surface area contributed by atoms with E-state index in [-0.39, 0.29) is 0 Å². The van der Waals surface area contributed by atoms with Gasteiger partial charge >= 0.3 is 0 Å². The minimum absolute atomic E-state index is 0.657. The third kappa shape index (κ3) is 2.16. The Morgan fingerprint density at radius 1 is 1.33 bits per heavy atom. The van der Waals surface area contributed by atoms with Crippen molar-refractivity contribution < 1.29 is 0 Å². The summed E-state index contributed by atoms with van der Waals surface area (Å²) in [6, 6.07) is 3.58. The van der Waals surface area contributed by atoms with E-state index in [4.69, 9.17) is 11.0 Å². The summed E-state index contributed by atoms with van der Waals surface area (Å²) >= 11 is 7.69. The van der Waals surface area contributed by atoms with Crippen LogP contribution in [0.15, 0.2) is 26.0 Å². The van der Waals surface area contributed by atoms with Crippen molar-refractivity contribution in [3.05, 3.63) is 21.1 Å². The third-order valence-electron chi connectivity index (χ3n) is 1.21. The minimum atomic E-state index is 0.657. The fourth-order valence-electron chi connectivity index (χ4n) is 0.671. The fraction of sp³-hybridized carbons (Fsp3) is 0. The SMILES string of the molecule is N#CSc1cc(Br)c(N)cc1Br. The first-order valence-electron chi connectivity index (χ1n) is 2.95. The molecule has 2 nitrogen and oxygen atoms in total. The van der Waals surface area contributed by atoms with Crippen LogP contribution in [0.25, 0.3) is 0 Å². The largest absolute Gasteiger partial charge is 0.398 e. The normalized spacial score (nSPS) is 9.42. The highest BCUT2D eigenvalue weighted by atomic mass is 79.9. The number of rotatable bonds is 1. The molecule has 0 saturated carbocycles. The van der Waals surface area contributed by atoms with Crippen LogP contribution in [0.5, 0.6) is 0 Å². The van der Waals surface area contributed by atoms with Gasteiger partial charge in [0.25, 0.3) is 0 Å². The van der Waals surface area contributed by atoms with Gasteiger partial charge in [0.1, 0.15) is 5.40 Å². The van der Waals surface area contributed by atoms with E-state index < -0.39 is 0 Å². The van der Waals surface area contributed by atoms with Gasteiger partial charge in [-0.1, -0.05) is 0 Å². The van der Waals surface area contributed by atoms with Crippen LogP contribution in [0.2, 0.25) is 0 Å². The summed E-state index contributed by atoms with van der Waals surface area (Å²) in [6.45, 7) is 0. The number of thiocyanates is 1. The number of hydrogen-bond donors (Lipinski definition) is 1. The molecule has 0 aliphatic carbocycles. The van der Waals surface area contributed by atoms with Gasteiger partial charge in [-0.05, 0) is 55.8 Å². The van der Waals surface area contributed by atoms with Crippen molar-refractivity contribution in [1.29, 1.82) is 5.26 Å². The average Bonchev–Trinajstić information content (AvgIpc) is 2.01. The van der Waals surface area contributed by atoms with Crippen LogP contribution in [0, 0.1) is 10.7 Å². The Morgan fingerprint density at radius 3 is 2.58 bits per heavy atom. The van der Waals surface area contributed by atoms with Crippen molar-refractivity contribution in [3.63, 3.8) is 0 Å². The van der Waals surface area contributed by atoms with Gasteiger partial charge in [0.2, 0.25) is 0 Å². The Balaban J connectivity index is 3.16. The molecule has 0 unspecified atom stereocenters. The van der Waals surface area contributed by atoms with E-state index in [0.717, 1.165) is 25.6 Å². The topological polar surface area (TPSA) is 49.8 Å². The summed E-state index contributed by atoms with van der Waals surface area (Å²) in [5.41, 5.74) is 6.27. The lowest BCUT2D eigenvalue weighted by Gasteiger charge is -2.02. The second-order valence-electron chi connectivity index (χ2n) is 2.00. The molecule has 0 radical (unpaired) electrons. The number of nitriles is 1. The Hall–Kier alpha value is -0.180. The van der Waals surface area contributed by atoms with Crippen LogP contribution in [0.3, 0.4) is 0 Å². The van der Waals surface area contributed by atoms with Crippen LogP contribution in [-0.4, -0.2) is 0 Å². The predicted molar refractivity (Wildman–Crippen MR) is 57.7 cm³/mol. The zero-order chi connectivity index (χ0) is 9.14. The van der Waals surface area contributed by atoms with Gasteiger partial charge in [-0.2, -0.15) is 5.26 Å². The summed E-state index contributed by atoms with van der Waals surface area (Å²) in [5, 5.41) is 10.4. The number of hydrogen-bond acceptors (Lipinski definition) is 3. The van der Waals surface area contributed by atoms with Gasteiger partial charge in [-0.25, -0.2) is 0 Å². The third-order valence-corrected chi connectivity index (χ3v) is 3.46. The smallest absolute Gasteiger partial charge is 0.138 e. The van der Waals surface area contributed by atoms with Crippen LogP contribution in [-0.2, 0) is 0 Å². The highest BCUT2D eigenvalue weighted by molar-refractivity contribution is 9.11. The Bertz CT molecular complexity index is 346. The number of nitrogens with two attached hydrogens (primary N) is 1. The second-order valence-corrected chi connectivity index (χ2v) is 4.53. The van der Waals surface area contributed by atoms with E-state index in [1.165, 1.54) is 0 Å². The van der Waals surface area contributed by atoms with Crippen molar-refractivity contribution in [2.45, 2.75) is 4.90 Å². The molecule has 1 aromatic rings. The highest BCUT2D eigenvalue weighted by Gasteiger charge is 2.04. The van der Waals surface area contributed by atoms with Crippen LogP contribution in [0.4, 0.5) is 5.69 Å². The highest BCUT2D eigenvalue weighted by Crippen LogP contribution is 2.33. The van der Waals surface area contributed by atoms with Gasteiger partial charge in [0.05, 0.1) is 0 Å². The standard InChI is InChI=1S/C7H4Br2N2S/c8-4-2-7(12-3-10)5(9)1-6(4)11/h1-2H,11H2. The lowest BCUT2D eigenvalue weighted by atomic mass is 10.3. The quantitative estimate of drug-likeness (QED) is 0.491. The molecule has 0 spiro atoms. The molecule has 0 amide bonds. The molecule has 12 heavy (non-hydrogen) atoms. The van der Waals surface area contributed by atoms with Gasteiger partial charge < -0.3 is 5.73 Å². The Labute approximate surface area is 91.4 Å². The molecule has 62 valence electrons. The first kappa shape index (κ1) is 9.90. The monoisotopic (exact) mass is 306 g/mol. The maximum absolute atomic E-state index is 8.45. The second kappa shape index (κ2) is 4.17. The molecule has 0 heterocycles. The molecule has 0 aliphatic rings. The van der Waals surface area contributed by atoms with E-state index in [2.05, 4.69) is 31.9 Å². The fourth-order valence-corrected chi connectivity index (χ4v) is 2.20. The summed E-state index contributed by atoms with van der Waals surface area (Å²) in [4.78, 5) is 0.860. The maximum atomic E-state index is 8.45. The van der Waals surface area contributed by atoms with Crippen molar-refractivity contribution in [3.8, 4) is 5.40 Å². The molecule has 0 atom stereocenters. The number of benzene rings is 1. The first-order chi connectivity index (χ1) is 5.65. The molecular formula is C7H4Br2N2S. The summed E-state index contributed by atoms with van der Waals surface area (Å²) in [6.07, 6.45) is 0. The molecule has 0 fully saturated rings. The summed E-state index contributed by atoms with van der Waals surface area (Å²) in [7, 11) is 0. The van der Waals surface area contributed by atoms with Crippen molar-refractivity contribution in [1.82, 2.24) is 0 Å². The number of nitrogen functional groups attached to an aromatic ring is 1. The first-order valence-corrected chi connectivity index (χ1v) is 5.36. The maximum Gasteiger partial charge on any atom is 0.138 e. The van der Waals surface area contributed by atoms with Gasteiger partial charge in [-0.15, -0.1) is 0 Å². The lowest BCUT2D eigenvalue weighted by Crippen LogP contribution is -1.87. The predicted octanol–water partition coefficient (Wildman–Crippen LogP) is 3.37. The Kier molecular flexibility index (Phi) is 3.44. The van der Waals surface area contributed by atoms with Crippen molar-refractivity contribution >= 4 is 49.3 Å². The molecule has 1 aromatic carbocycles. The van der Waals surface area contributed by atoms with E-state index in [1.807, 2.05) is 11.5 Å². The number of thioether (sulfide) groups is 1. The van der Waals surface area contributed by atoms with Crippen LogP contribution < -0.4 is 5.73 Å². The molecular weight excluding hydrogens is 304 g/mol. The van der Waals surface area contributed by atoms with Crippen LogP contribution >= 0.6 is 43.6 Å². The van der Waals surface area contributed by atoms with Crippen molar-refractivity contribution in [2.75, 3.05) is 5.73 Å². The molecule has 1 rings (SSSR count). The molecule has 2 N–H and O–H groups in total. The molecule has 0 bridgehead atoms. The van der Waals surface area contributed by atoms with E-state index in [1.54, 1.807) is 6.07 Å². The minimum Gasteiger partial charge on any atom is -0.398 e. The Morgan fingerprint density at radius 2 is 2.00 bits per heavy atom. The van der Waals surface area contributed by atoms with E-state index in [0.29, 0.717) is 5.69 Å². The van der Waals surface area contributed by atoms with Gasteiger partial charge in [0.15, 0.2) is 0 Å². The molecule has 0 aliphatic heterocycles. The molecule has 0 saturated heterocycles. The van der Waals surface area contributed by atoms with Gasteiger partial charge in [0, 0.05) is 19.5 Å². The zero-order valence-corrected chi connectivity index (χ0v) is 9.83. The molecule has 0 aromatic heterocycles. The van der Waals surface area contributed by atoms with E-state index in [9.17, 15) is 0 Å². The average molecular weight is 308 g/mol. The molecule has 5 heteroatoms. The van der Waals surface area contributed by atoms with E-state index >= 15 is 0 Å². The van der Waals surface area contributed by atoms with Crippen LogP contribution in [0.1, 0.15) is 0 Å². The lowest BCUT2D eigenvalue weighted by molar-refractivity contribution is 1.39. The summed E-state index contributed by atoms with van der Waals surface area (Å²) < 4.78 is 1.65. The van der Waals surface area contributed by atoms with Crippen molar-refractivity contribution in [2.24, 2.45) is 0 Å². The number of nitrogens with zero attached hydrogens (tertiary/aromatic N) is 1. The van der Waals surface area contributed by atoms with Gasteiger partial charge in [-0.3, -0.25) is 0 Å². The zero-order valence-electron chi connectivity index (χ0n) is 5.84. The summed E-state index contributed by atoms with van der Waals surface area (Å²) in [5.74, 6) is 0.